The van der Waals surface area contributed by atoms with Crippen LogP contribution < -0.4 is 5.73 Å². The highest BCUT2D eigenvalue weighted by atomic mass is 16.5. The third-order valence-electron chi connectivity index (χ3n) is 3.23. The molecule has 0 fully saturated rings. The molecule has 102 valence electrons. The van der Waals surface area contributed by atoms with Crippen LogP contribution in [0.3, 0.4) is 0 Å². The molecular formula is C15H16N4O. The second-order valence-electron chi connectivity index (χ2n) is 4.76. The molecule has 5 nitrogen and oxygen atoms in total. The van der Waals surface area contributed by atoms with Crippen molar-refractivity contribution in [1.29, 1.82) is 0 Å². The Bertz CT molecular complexity index is 687. The topological polar surface area (TPSA) is 69.9 Å². The lowest BCUT2D eigenvalue weighted by Gasteiger charge is -2.14. The Kier molecular flexibility index (Phi) is 3.35. The molecule has 0 aliphatic carbocycles. The highest BCUT2D eigenvalue weighted by molar-refractivity contribution is 5.26. The minimum absolute atomic E-state index is 0.202. The molecule has 5 heteroatoms. The number of nitrogens with two attached hydrogens (primary N) is 1. The lowest BCUT2D eigenvalue weighted by Crippen LogP contribution is -2.17. The Balaban J connectivity index is 1.86. The van der Waals surface area contributed by atoms with E-state index >= 15 is 0 Å². The number of benzene rings is 1. The molecule has 2 N–H and O–H groups in total. The van der Waals surface area contributed by atoms with E-state index in [9.17, 15) is 0 Å². The minimum Gasteiger partial charge on any atom is -0.361 e. The van der Waals surface area contributed by atoms with E-state index < -0.39 is 0 Å². The van der Waals surface area contributed by atoms with Crippen LogP contribution >= 0.6 is 0 Å². The molecular weight excluding hydrogens is 252 g/mol. The molecule has 0 bridgehead atoms. The number of aromatic nitrogens is 3. The summed E-state index contributed by atoms with van der Waals surface area (Å²) in [5, 5.41) is 4.00. The van der Waals surface area contributed by atoms with Gasteiger partial charge in [0.15, 0.2) is 0 Å². The SMILES string of the molecule is Cc1cc(Cn2cncc2C(N)c2ccccc2)no1. The molecule has 1 aromatic carbocycles. The van der Waals surface area contributed by atoms with Crippen LogP contribution in [0.5, 0.6) is 0 Å². The molecule has 0 aliphatic rings. The molecule has 0 radical (unpaired) electrons. The van der Waals surface area contributed by atoms with Crippen LogP contribution in [0.1, 0.15) is 28.8 Å². The molecule has 0 amide bonds. The molecule has 20 heavy (non-hydrogen) atoms. The van der Waals surface area contributed by atoms with Crippen LogP contribution in [0.2, 0.25) is 0 Å². The summed E-state index contributed by atoms with van der Waals surface area (Å²) in [6.07, 6.45) is 3.56. The van der Waals surface area contributed by atoms with Crippen molar-refractivity contribution in [3.05, 3.63) is 71.6 Å². The Morgan fingerprint density at radius 1 is 1.30 bits per heavy atom. The Morgan fingerprint density at radius 3 is 2.80 bits per heavy atom. The third-order valence-corrected chi connectivity index (χ3v) is 3.23. The third kappa shape index (κ3) is 2.48. The normalized spacial score (nSPS) is 12.5. The maximum Gasteiger partial charge on any atom is 0.133 e. The first-order valence-electron chi connectivity index (χ1n) is 6.47. The largest absolute Gasteiger partial charge is 0.361 e. The number of nitrogens with zero attached hydrogens (tertiary/aromatic N) is 3. The van der Waals surface area contributed by atoms with E-state index in [2.05, 4.69) is 10.1 Å². The zero-order valence-corrected chi connectivity index (χ0v) is 11.2. The van der Waals surface area contributed by atoms with Crippen molar-refractivity contribution in [2.75, 3.05) is 0 Å². The van der Waals surface area contributed by atoms with Gasteiger partial charge in [0.25, 0.3) is 0 Å². The molecule has 0 spiro atoms. The highest BCUT2D eigenvalue weighted by Gasteiger charge is 2.14. The van der Waals surface area contributed by atoms with Crippen molar-refractivity contribution in [1.82, 2.24) is 14.7 Å². The molecule has 1 unspecified atom stereocenters. The first-order chi connectivity index (χ1) is 9.74. The van der Waals surface area contributed by atoms with Crippen molar-refractivity contribution in [3.63, 3.8) is 0 Å². The second kappa shape index (κ2) is 5.30. The predicted octanol–water partition coefficient (Wildman–Crippen LogP) is 2.28. The van der Waals surface area contributed by atoms with E-state index in [0.29, 0.717) is 6.54 Å². The summed E-state index contributed by atoms with van der Waals surface area (Å²) in [7, 11) is 0. The Labute approximate surface area is 117 Å². The van der Waals surface area contributed by atoms with E-state index in [1.54, 1.807) is 12.5 Å². The van der Waals surface area contributed by atoms with Crippen LogP contribution in [-0.4, -0.2) is 14.7 Å². The van der Waals surface area contributed by atoms with Gasteiger partial charge in [-0.05, 0) is 12.5 Å². The van der Waals surface area contributed by atoms with Crippen LogP contribution in [0.4, 0.5) is 0 Å². The summed E-state index contributed by atoms with van der Waals surface area (Å²) in [6.45, 7) is 2.48. The average Bonchev–Trinajstić information content (AvgIpc) is 3.09. The summed E-state index contributed by atoms with van der Waals surface area (Å²) in [6, 6.07) is 11.7. The summed E-state index contributed by atoms with van der Waals surface area (Å²) >= 11 is 0. The smallest absolute Gasteiger partial charge is 0.133 e. The van der Waals surface area contributed by atoms with Gasteiger partial charge < -0.3 is 14.8 Å². The fraction of sp³-hybridized carbons (Fsp3) is 0.200. The lowest BCUT2D eigenvalue weighted by atomic mass is 10.1. The predicted molar refractivity (Wildman–Crippen MR) is 75.0 cm³/mol. The van der Waals surface area contributed by atoms with E-state index in [-0.39, 0.29) is 6.04 Å². The van der Waals surface area contributed by atoms with Crippen LogP contribution in [0.25, 0.3) is 0 Å². The molecule has 2 aromatic heterocycles. The summed E-state index contributed by atoms with van der Waals surface area (Å²) < 4.78 is 7.08. The van der Waals surface area contributed by atoms with Gasteiger partial charge in [0.1, 0.15) is 11.5 Å². The number of rotatable bonds is 4. The van der Waals surface area contributed by atoms with Gasteiger partial charge in [-0.15, -0.1) is 0 Å². The summed E-state index contributed by atoms with van der Waals surface area (Å²) in [4.78, 5) is 4.20. The molecule has 0 aliphatic heterocycles. The van der Waals surface area contributed by atoms with Crippen LogP contribution in [-0.2, 0) is 6.54 Å². The first kappa shape index (κ1) is 12.6. The van der Waals surface area contributed by atoms with E-state index in [1.165, 1.54) is 0 Å². The Morgan fingerprint density at radius 2 is 2.10 bits per heavy atom. The monoisotopic (exact) mass is 268 g/mol. The highest BCUT2D eigenvalue weighted by Crippen LogP contribution is 2.19. The molecule has 1 atom stereocenters. The zero-order chi connectivity index (χ0) is 13.9. The van der Waals surface area contributed by atoms with Gasteiger partial charge in [0.2, 0.25) is 0 Å². The van der Waals surface area contributed by atoms with Crippen LogP contribution in [0, 0.1) is 6.92 Å². The van der Waals surface area contributed by atoms with Gasteiger partial charge >= 0.3 is 0 Å². The van der Waals surface area contributed by atoms with Crippen molar-refractivity contribution < 1.29 is 4.52 Å². The lowest BCUT2D eigenvalue weighted by molar-refractivity contribution is 0.388. The van der Waals surface area contributed by atoms with E-state index in [4.69, 9.17) is 10.3 Å². The number of aryl methyl sites for hydroxylation is 1. The maximum absolute atomic E-state index is 6.32. The number of hydrogen-bond acceptors (Lipinski definition) is 4. The fourth-order valence-corrected chi connectivity index (χ4v) is 2.22. The quantitative estimate of drug-likeness (QED) is 0.788. The first-order valence-corrected chi connectivity index (χ1v) is 6.47. The molecule has 3 rings (SSSR count). The molecule has 0 saturated carbocycles. The summed E-state index contributed by atoms with van der Waals surface area (Å²) in [5.74, 6) is 0.800. The van der Waals surface area contributed by atoms with Gasteiger partial charge in [-0.25, -0.2) is 4.98 Å². The summed E-state index contributed by atoms with van der Waals surface area (Å²) in [5.41, 5.74) is 9.19. The zero-order valence-electron chi connectivity index (χ0n) is 11.2. The average molecular weight is 268 g/mol. The fourth-order valence-electron chi connectivity index (χ4n) is 2.22. The molecule has 2 heterocycles. The Hall–Kier alpha value is -2.40. The van der Waals surface area contributed by atoms with Crippen molar-refractivity contribution >= 4 is 0 Å². The second-order valence-corrected chi connectivity index (χ2v) is 4.76. The van der Waals surface area contributed by atoms with Gasteiger partial charge in [0.05, 0.1) is 30.8 Å². The number of imidazole rings is 1. The number of hydrogen-bond donors (Lipinski definition) is 1. The van der Waals surface area contributed by atoms with Crippen molar-refractivity contribution in [2.24, 2.45) is 5.73 Å². The minimum atomic E-state index is -0.202. The van der Waals surface area contributed by atoms with Gasteiger partial charge in [-0.3, -0.25) is 0 Å². The molecule has 3 aromatic rings. The van der Waals surface area contributed by atoms with Crippen LogP contribution in [0.15, 0.2) is 53.4 Å². The van der Waals surface area contributed by atoms with E-state index in [1.807, 2.05) is 47.9 Å². The van der Waals surface area contributed by atoms with Gasteiger partial charge in [-0.1, -0.05) is 35.5 Å². The van der Waals surface area contributed by atoms with E-state index in [0.717, 1.165) is 22.7 Å². The van der Waals surface area contributed by atoms with Gasteiger partial charge in [0, 0.05) is 6.07 Å². The standard InChI is InChI=1S/C15H16N4O/c1-11-7-13(18-20-11)9-19-10-17-8-14(19)15(16)12-5-3-2-4-6-12/h2-8,10,15H,9,16H2,1H3. The maximum atomic E-state index is 6.32. The molecule has 0 saturated heterocycles. The van der Waals surface area contributed by atoms with Crippen molar-refractivity contribution in [3.8, 4) is 0 Å². The van der Waals surface area contributed by atoms with Crippen molar-refractivity contribution in [2.45, 2.75) is 19.5 Å². The van der Waals surface area contributed by atoms with Gasteiger partial charge in [-0.2, -0.15) is 0 Å².